The maximum absolute atomic E-state index is 12.6. The number of carboxylic acids is 1. The number of nitrogens with one attached hydrogen (secondary N) is 2. The Morgan fingerprint density at radius 1 is 0.960 bits per heavy atom. The average molecular weight is 340 g/mol. The van der Waals surface area contributed by atoms with Crippen LogP contribution in [0.1, 0.15) is 29.6 Å². The molecule has 0 spiro atoms. The summed E-state index contributed by atoms with van der Waals surface area (Å²) in [7, 11) is 0. The molecule has 0 aliphatic heterocycles. The third-order valence-corrected chi connectivity index (χ3v) is 5.37. The molecule has 4 rings (SSSR count). The minimum absolute atomic E-state index is 0.00491. The van der Waals surface area contributed by atoms with Crippen molar-refractivity contribution >= 4 is 23.5 Å². The zero-order valence-corrected chi connectivity index (χ0v) is 13.6. The Morgan fingerprint density at radius 2 is 1.60 bits per heavy atom. The van der Waals surface area contributed by atoms with Crippen LogP contribution in [0.3, 0.4) is 0 Å². The summed E-state index contributed by atoms with van der Waals surface area (Å²) in [6.07, 6.45) is 6.67. The van der Waals surface area contributed by atoms with Crippen molar-refractivity contribution in [2.24, 2.45) is 23.7 Å². The SMILES string of the molecule is O=C(NC1CC1)c1ccc(NC(=O)[C@H]2[C@@H](C(=O)O)[C@H]3C=C[C@H]2C3)cc1. The van der Waals surface area contributed by atoms with Crippen LogP contribution in [0.2, 0.25) is 0 Å². The first kappa shape index (κ1) is 15.9. The number of rotatable bonds is 5. The van der Waals surface area contributed by atoms with E-state index >= 15 is 0 Å². The molecule has 2 amide bonds. The molecule has 0 aromatic heterocycles. The summed E-state index contributed by atoms with van der Waals surface area (Å²) >= 11 is 0. The topological polar surface area (TPSA) is 95.5 Å². The van der Waals surface area contributed by atoms with Crippen molar-refractivity contribution in [3.8, 4) is 0 Å². The zero-order chi connectivity index (χ0) is 17.6. The highest BCUT2D eigenvalue weighted by Gasteiger charge is 2.51. The molecule has 0 radical (unpaired) electrons. The normalized spacial score (nSPS) is 29.4. The Morgan fingerprint density at radius 3 is 2.20 bits per heavy atom. The second-order valence-corrected chi connectivity index (χ2v) is 7.15. The van der Waals surface area contributed by atoms with Gasteiger partial charge in [-0.2, -0.15) is 0 Å². The number of hydrogen-bond donors (Lipinski definition) is 3. The van der Waals surface area contributed by atoms with E-state index in [0.29, 0.717) is 17.3 Å². The second-order valence-electron chi connectivity index (χ2n) is 7.15. The lowest BCUT2D eigenvalue weighted by atomic mass is 9.82. The number of anilines is 1. The van der Waals surface area contributed by atoms with Gasteiger partial charge in [-0.05, 0) is 55.4 Å². The molecule has 6 heteroatoms. The lowest BCUT2D eigenvalue weighted by molar-refractivity contribution is -0.146. The largest absolute Gasteiger partial charge is 0.481 e. The fourth-order valence-corrected chi connectivity index (χ4v) is 3.94. The Kier molecular flexibility index (Phi) is 3.82. The Balaban J connectivity index is 1.43. The number of carbonyl (C=O) groups is 3. The fourth-order valence-electron chi connectivity index (χ4n) is 3.94. The van der Waals surface area contributed by atoms with Crippen LogP contribution in [0.5, 0.6) is 0 Å². The van der Waals surface area contributed by atoms with E-state index in [2.05, 4.69) is 10.6 Å². The number of hydrogen-bond acceptors (Lipinski definition) is 3. The van der Waals surface area contributed by atoms with Crippen molar-refractivity contribution in [2.75, 3.05) is 5.32 Å². The quantitative estimate of drug-likeness (QED) is 0.715. The lowest BCUT2D eigenvalue weighted by Gasteiger charge is -2.23. The molecule has 3 aliphatic rings. The Bertz CT molecular complexity index is 751. The van der Waals surface area contributed by atoms with Gasteiger partial charge in [-0.1, -0.05) is 12.2 Å². The molecule has 1 aromatic carbocycles. The van der Waals surface area contributed by atoms with Crippen molar-refractivity contribution in [1.29, 1.82) is 0 Å². The van der Waals surface area contributed by atoms with Gasteiger partial charge in [0.05, 0.1) is 11.8 Å². The van der Waals surface area contributed by atoms with Gasteiger partial charge in [0.2, 0.25) is 5.91 Å². The molecule has 0 saturated heterocycles. The van der Waals surface area contributed by atoms with Crippen LogP contribution in [0.15, 0.2) is 36.4 Å². The van der Waals surface area contributed by atoms with Gasteiger partial charge in [-0.25, -0.2) is 0 Å². The zero-order valence-electron chi connectivity index (χ0n) is 13.6. The molecule has 1 aromatic rings. The maximum atomic E-state index is 12.6. The summed E-state index contributed by atoms with van der Waals surface area (Å²) < 4.78 is 0. The van der Waals surface area contributed by atoms with E-state index in [-0.39, 0.29) is 23.7 Å². The van der Waals surface area contributed by atoms with E-state index in [0.717, 1.165) is 19.3 Å². The standard InChI is InChI=1S/C19H20N2O4/c22-17(20-14-7-8-14)10-3-5-13(6-4-10)21-18(23)15-11-1-2-12(9-11)16(15)19(24)25/h1-6,11-12,14-16H,7-9H2,(H,20,22)(H,21,23)(H,24,25)/t11-,12-,15+,16-/m0/s1. The molecule has 130 valence electrons. The molecule has 2 bridgehead atoms. The van der Waals surface area contributed by atoms with Crippen molar-refractivity contribution in [2.45, 2.75) is 25.3 Å². The molecule has 3 aliphatic carbocycles. The molecule has 25 heavy (non-hydrogen) atoms. The predicted octanol–water partition coefficient (Wildman–Crippen LogP) is 2.04. The van der Waals surface area contributed by atoms with Crippen LogP contribution in [0.4, 0.5) is 5.69 Å². The molecule has 6 nitrogen and oxygen atoms in total. The first-order valence-electron chi connectivity index (χ1n) is 8.66. The van der Waals surface area contributed by atoms with Crippen molar-refractivity contribution < 1.29 is 19.5 Å². The minimum atomic E-state index is -0.913. The fraction of sp³-hybridized carbons (Fsp3) is 0.421. The molecule has 2 saturated carbocycles. The molecule has 0 unspecified atom stereocenters. The van der Waals surface area contributed by atoms with Gasteiger partial charge in [-0.3, -0.25) is 14.4 Å². The smallest absolute Gasteiger partial charge is 0.307 e. The van der Waals surface area contributed by atoms with E-state index in [1.807, 2.05) is 12.2 Å². The van der Waals surface area contributed by atoms with Crippen LogP contribution in [0.25, 0.3) is 0 Å². The van der Waals surface area contributed by atoms with Crippen LogP contribution in [-0.4, -0.2) is 28.9 Å². The van der Waals surface area contributed by atoms with E-state index in [9.17, 15) is 19.5 Å². The van der Waals surface area contributed by atoms with Crippen LogP contribution in [-0.2, 0) is 9.59 Å². The molecular weight excluding hydrogens is 320 g/mol. The summed E-state index contributed by atoms with van der Waals surface area (Å²) in [4.78, 5) is 36.1. The maximum Gasteiger partial charge on any atom is 0.307 e. The summed E-state index contributed by atoms with van der Waals surface area (Å²) in [6.45, 7) is 0. The van der Waals surface area contributed by atoms with Crippen molar-refractivity contribution in [3.05, 3.63) is 42.0 Å². The number of fused-ring (bicyclic) bond motifs is 2. The van der Waals surface area contributed by atoms with Gasteiger partial charge in [0, 0.05) is 17.3 Å². The molecular formula is C19H20N2O4. The van der Waals surface area contributed by atoms with Gasteiger partial charge in [0.1, 0.15) is 0 Å². The van der Waals surface area contributed by atoms with Gasteiger partial charge >= 0.3 is 5.97 Å². The summed E-state index contributed by atoms with van der Waals surface area (Å²) in [5.74, 6) is -2.53. The highest BCUT2D eigenvalue weighted by molar-refractivity contribution is 5.98. The third kappa shape index (κ3) is 3.04. The number of amides is 2. The first-order chi connectivity index (χ1) is 12.0. The van der Waals surface area contributed by atoms with E-state index in [4.69, 9.17) is 0 Å². The van der Waals surface area contributed by atoms with Crippen molar-refractivity contribution in [1.82, 2.24) is 5.32 Å². The van der Waals surface area contributed by atoms with Gasteiger partial charge < -0.3 is 15.7 Å². The first-order valence-corrected chi connectivity index (χ1v) is 8.66. The summed E-state index contributed by atoms with van der Waals surface area (Å²) in [5.41, 5.74) is 1.13. The molecule has 3 N–H and O–H groups in total. The minimum Gasteiger partial charge on any atom is -0.481 e. The van der Waals surface area contributed by atoms with Crippen molar-refractivity contribution in [3.63, 3.8) is 0 Å². The number of allylic oxidation sites excluding steroid dienone is 2. The number of aliphatic carboxylic acids is 1. The predicted molar refractivity (Wildman–Crippen MR) is 90.9 cm³/mol. The van der Waals surface area contributed by atoms with E-state index in [1.54, 1.807) is 24.3 Å². The molecule has 2 fully saturated rings. The third-order valence-electron chi connectivity index (χ3n) is 5.37. The molecule has 4 atom stereocenters. The van der Waals surface area contributed by atoms with Gasteiger partial charge in [-0.15, -0.1) is 0 Å². The number of carbonyl (C=O) groups excluding carboxylic acids is 2. The Labute approximate surface area is 145 Å². The lowest BCUT2D eigenvalue weighted by Crippen LogP contribution is -2.36. The van der Waals surface area contributed by atoms with Gasteiger partial charge in [0.15, 0.2) is 0 Å². The number of benzene rings is 1. The summed E-state index contributed by atoms with van der Waals surface area (Å²) in [5, 5.41) is 15.2. The highest BCUT2D eigenvalue weighted by Crippen LogP contribution is 2.48. The van der Waals surface area contributed by atoms with E-state index < -0.39 is 17.8 Å². The Hall–Kier alpha value is -2.63. The monoisotopic (exact) mass is 340 g/mol. The molecule has 0 heterocycles. The van der Waals surface area contributed by atoms with Gasteiger partial charge in [0.25, 0.3) is 5.91 Å². The second kappa shape index (κ2) is 6.02. The van der Waals surface area contributed by atoms with E-state index in [1.165, 1.54) is 0 Å². The summed E-state index contributed by atoms with van der Waals surface area (Å²) in [6, 6.07) is 6.99. The highest BCUT2D eigenvalue weighted by atomic mass is 16.4. The van der Waals surface area contributed by atoms with Crippen LogP contribution >= 0.6 is 0 Å². The average Bonchev–Trinajstić information content (AvgIpc) is 3.16. The van der Waals surface area contributed by atoms with Crippen LogP contribution in [0, 0.1) is 23.7 Å². The van der Waals surface area contributed by atoms with Crippen LogP contribution < -0.4 is 10.6 Å². The number of carboxylic acid groups (broad SMARTS) is 1.